The van der Waals surface area contributed by atoms with Crippen molar-refractivity contribution in [1.82, 2.24) is 10.2 Å². The van der Waals surface area contributed by atoms with Crippen molar-refractivity contribution in [3.63, 3.8) is 0 Å². The number of benzene rings is 4. The van der Waals surface area contributed by atoms with Crippen LogP contribution in [0.25, 0.3) is 0 Å². The molecule has 2 amide bonds. The van der Waals surface area contributed by atoms with E-state index in [9.17, 15) is 28.1 Å². The molecular formula is C36H38Cl2N4O7S. The van der Waals surface area contributed by atoms with E-state index in [0.29, 0.717) is 22.8 Å². The first-order valence-electron chi connectivity index (χ1n) is 15.7. The molecule has 1 N–H and O–H groups in total. The molecule has 2 atom stereocenters. The van der Waals surface area contributed by atoms with Gasteiger partial charge in [-0.05, 0) is 73.9 Å². The van der Waals surface area contributed by atoms with Crippen molar-refractivity contribution in [2.45, 2.75) is 57.1 Å². The number of rotatable bonds is 15. The maximum Gasteiger partial charge on any atom is 0.273 e. The van der Waals surface area contributed by atoms with Gasteiger partial charge in [-0.15, -0.1) is 0 Å². The lowest BCUT2D eigenvalue weighted by Crippen LogP contribution is -2.54. The van der Waals surface area contributed by atoms with Crippen LogP contribution in [0.3, 0.4) is 0 Å². The van der Waals surface area contributed by atoms with Gasteiger partial charge in [0.1, 0.15) is 18.3 Å². The van der Waals surface area contributed by atoms with Crippen molar-refractivity contribution in [3.05, 3.63) is 128 Å². The van der Waals surface area contributed by atoms with Crippen LogP contribution >= 0.6 is 23.2 Å². The van der Waals surface area contributed by atoms with Gasteiger partial charge in [-0.1, -0.05) is 72.6 Å². The predicted molar refractivity (Wildman–Crippen MR) is 194 cm³/mol. The van der Waals surface area contributed by atoms with Crippen LogP contribution in [0.5, 0.6) is 5.75 Å². The van der Waals surface area contributed by atoms with Gasteiger partial charge in [0.05, 0.1) is 22.6 Å². The standard InChI is InChI=1S/C36H38Cl2N4O7S/c1-5-25(3)39-36(44)34(19-26-9-7-6-8-10-26)40(22-27-12-13-28(37)20-32(27)38)35(43)23-41(29-14-16-30(49-4)17-15-29)50(47,48)31-18-11-24(2)33(21-31)42(45)46/h6-18,20-21,25,34H,5,19,22-23H2,1-4H3,(H,39,44)/t25-,34-/m1/s1. The van der Waals surface area contributed by atoms with E-state index in [4.69, 9.17) is 27.9 Å². The number of carbonyl (C=O) groups excluding carboxylic acids is 2. The molecule has 0 aromatic heterocycles. The lowest BCUT2D eigenvalue weighted by molar-refractivity contribution is -0.385. The summed E-state index contributed by atoms with van der Waals surface area (Å²) in [7, 11) is -3.14. The molecule has 0 unspecified atom stereocenters. The molecule has 4 aromatic rings. The number of halogens is 2. The van der Waals surface area contributed by atoms with Gasteiger partial charge in [-0.2, -0.15) is 0 Å². The fraction of sp³-hybridized carbons (Fsp3) is 0.278. The number of nitro benzene ring substituents is 1. The van der Waals surface area contributed by atoms with Crippen LogP contribution in [-0.2, 0) is 32.6 Å². The lowest BCUT2D eigenvalue weighted by Gasteiger charge is -2.34. The van der Waals surface area contributed by atoms with Crippen molar-refractivity contribution in [2.24, 2.45) is 0 Å². The Morgan fingerprint density at radius 2 is 1.66 bits per heavy atom. The molecular weight excluding hydrogens is 703 g/mol. The van der Waals surface area contributed by atoms with Gasteiger partial charge in [0, 0.05) is 40.7 Å². The lowest BCUT2D eigenvalue weighted by atomic mass is 10.0. The van der Waals surface area contributed by atoms with Gasteiger partial charge in [-0.25, -0.2) is 8.42 Å². The molecule has 0 aliphatic heterocycles. The van der Waals surface area contributed by atoms with E-state index in [0.717, 1.165) is 15.9 Å². The third-order valence-corrected chi connectivity index (χ3v) is 10.6. The fourth-order valence-corrected chi connectivity index (χ4v) is 7.08. The Bertz CT molecular complexity index is 1940. The van der Waals surface area contributed by atoms with Gasteiger partial charge >= 0.3 is 0 Å². The van der Waals surface area contributed by atoms with Crippen LogP contribution in [0, 0.1) is 17.0 Å². The van der Waals surface area contributed by atoms with E-state index < -0.39 is 45.0 Å². The van der Waals surface area contributed by atoms with Crippen LogP contribution in [-0.4, -0.2) is 55.8 Å². The quantitative estimate of drug-likeness (QED) is 0.103. The Hall–Kier alpha value is -4.65. The smallest absolute Gasteiger partial charge is 0.273 e. The number of aryl methyl sites for hydroxylation is 1. The first-order chi connectivity index (χ1) is 23.7. The summed E-state index contributed by atoms with van der Waals surface area (Å²) >= 11 is 12.7. The maximum atomic E-state index is 14.7. The molecule has 4 rings (SSSR count). The summed E-state index contributed by atoms with van der Waals surface area (Å²) < 4.78 is 34.8. The van der Waals surface area contributed by atoms with E-state index in [2.05, 4.69) is 5.32 Å². The average molecular weight is 742 g/mol. The van der Waals surface area contributed by atoms with Gasteiger partial charge in [-0.3, -0.25) is 24.0 Å². The first kappa shape index (κ1) is 38.2. The molecule has 0 saturated carbocycles. The summed E-state index contributed by atoms with van der Waals surface area (Å²) in [5, 5.41) is 15.4. The molecule has 0 saturated heterocycles. The Labute approximate surface area is 302 Å². The van der Waals surface area contributed by atoms with Crippen molar-refractivity contribution >= 4 is 56.4 Å². The topological polar surface area (TPSA) is 139 Å². The van der Waals surface area contributed by atoms with Crippen molar-refractivity contribution in [1.29, 1.82) is 0 Å². The molecule has 50 heavy (non-hydrogen) atoms. The molecule has 14 heteroatoms. The summed E-state index contributed by atoms with van der Waals surface area (Å²) in [6, 6.07) is 22.1. The number of nitrogens with zero attached hydrogens (tertiary/aromatic N) is 3. The zero-order valence-electron chi connectivity index (χ0n) is 28.0. The minimum Gasteiger partial charge on any atom is -0.497 e. The molecule has 0 spiro atoms. The van der Waals surface area contributed by atoms with Gasteiger partial charge in [0.2, 0.25) is 11.8 Å². The number of sulfonamides is 1. The normalized spacial score (nSPS) is 12.4. The van der Waals surface area contributed by atoms with E-state index in [-0.39, 0.29) is 40.2 Å². The molecule has 0 aliphatic rings. The van der Waals surface area contributed by atoms with Gasteiger partial charge < -0.3 is 15.0 Å². The minimum absolute atomic E-state index is 0.0931. The SMILES string of the molecule is CC[C@@H](C)NC(=O)[C@@H](Cc1ccccc1)N(Cc1ccc(Cl)cc1Cl)C(=O)CN(c1ccc(OC)cc1)S(=O)(=O)c1ccc(C)c([N+](=O)[O-])c1. The minimum atomic E-state index is -4.59. The number of nitro groups is 1. The molecule has 0 aliphatic carbocycles. The Kier molecular flexibility index (Phi) is 12.9. The zero-order chi connectivity index (χ0) is 36.6. The molecule has 4 aromatic carbocycles. The highest BCUT2D eigenvalue weighted by molar-refractivity contribution is 7.92. The molecule has 264 valence electrons. The Morgan fingerprint density at radius 1 is 0.980 bits per heavy atom. The second-order valence-electron chi connectivity index (χ2n) is 11.7. The number of carbonyl (C=O) groups is 2. The molecule has 11 nitrogen and oxygen atoms in total. The molecule has 0 radical (unpaired) electrons. The van der Waals surface area contributed by atoms with E-state index in [1.807, 2.05) is 44.2 Å². The zero-order valence-corrected chi connectivity index (χ0v) is 30.3. The summed E-state index contributed by atoms with van der Waals surface area (Å²) in [4.78, 5) is 40.7. The summed E-state index contributed by atoms with van der Waals surface area (Å²) in [5.74, 6) is -0.723. The van der Waals surface area contributed by atoms with Crippen LogP contribution in [0.15, 0.2) is 95.9 Å². The van der Waals surface area contributed by atoms with Crippen molar-refractivity contribution < 1.29 is 27.7 Å². The highest BCUT2D eigenvalue weighted by atomic mass is 35.5. The van der Waals surface area contributed by atoms with E-state index >= 15 is 0 Å². The Balaban J connectivity index is 1.87. The predicted octanol–water partition coefficient (Wildman–Crippen LogP) is 6.97. The number of methoxy groups -OCH3 is 1. The highest BCUT2D eigenvalue weighted by Gasteiger charge is 2.36. The molecule has 0 bridgehead atoms. The fourth-order valence-electron chi connectivity index (χ4n) is 5.18. The van der Waals surface area contributed by atoms with Crippen LogP contribution < -0.4 is 14.4 Å². The largest absolute Gasteiger partial charge is 0.497 e. The number of anilines is 1. The maximum absolute atomic E-state index is 14.7. The van der Waals surface area contributed by atoms with E-state index in [1.165, 1.54) is 61.4 Å². The number of ether oxygens (including phenoxy) is 1. The van der Waals surface area contributed by atoms with Crippen molar-refractivity contribution in [3.8, 4) is 5.75 Å². The van der Waals surface area contributed by atoms with Crippen molar-refractivity contribution in [2.75, 3.05) is 18.0 Å². The summed E-state index contributed by atoms with van der Waals surface area (Å²) in [5.41, 5.74) is 1.21. The van der Waals surface area contributed by atoms with Crippen LogP contribution in [0.4, 0.5) is 11.4 Å². The van der Waals surface area contributed by atoms with Crippen LogP contribution in [0.1, 0.15) is 37.0 Å². The van der Waals surface area contributed by atoms with Gasteiger partial charge in [0.25, 0.3) is 15.7 Å². The average Bonchev–Trinajstić information content (AvgIpc) is 3.09. The van der Waals surface area contributed by atoms with Gasteiger partial charge in [0.15, 0.2) is 0 Å². The number of nitrogens with one attached hydrogen (secondary N) is 1. The summed E-state index contributed by atoms with van der Waals surface area (Å²) in [6.07, 6.45) is 0.742. The van der Waals surface area contributed by atoms with Crippen LogP contribution in [0.2, 0.25) is 10.0 Å². The van der Waals surface area contributed by atoms with E-state index in [1.54, 1.807) is 12.1 Å². The number of amides is 2. The summed E-state index contributed by atoms with van der Waals surface area (Å²) in [6.45, 7) is 4.34. The second-order valence-corrected chi connectivity index (χ2v) is 14.4. The third kappa shape index (κ3) is 9.32. The third-order valence-electron chi connectivity index (χ3n) is 8.23. The number of hydrogen-bond acceptors (Lipinski definition) is 7. The molecule has 0 heterocycles. The monoisotopic (exact) mass is 740 g/mol. The highest BCUT2D eigenvalue weighted by Crippen LogP contribution is 2.30. The molecule has 0 fully saturated rings. The Morgan fingerprint density at radius 3 is 2.26 bits per heavy atom. The number of hydrogen-bond donors (Lipinski definition) is 1. The first-order valence-corrected chi connectivity index (χ1v) is 17.9. The second kappa shape index (κ2) is 16.8.